The average molecular weight is 491 g/mol. The van der Waals surface area contributed by atoms with Crippen molar-refractivity contribution in [2.45, 2.75) is 45.8 Å². The van der Waals surface area contributed by atoms with E-state index < -0.39 is 24.0 Å². The van der Waals surface area contributed by atoms with E-state index in [0.717, 1.165) is 11.3 Å². The van der Waals surface area contributed by atoms with Crippen LogP contribution in [0.4, 0.5) is 0 Å². The van der Waals surface area contributed by atoms with Crippen LogP contribution in [-0.4, -0.2) is 46.1 Å². The molecular weight excluding hydrogens is 464 g/mol. The highest BCUT2D eigenvalue weighted by molar-refractivity contribution is 7.98. The van der Waals surface area contributed by atoms with Gasteiger partial charge in [-0.15, -0.1) is 11.3 Å². The zero-order valence-electron chi connectivity index (χ0n) is 18.8. The number of hydrogen-bond donors (Lipinski definition) is 2. The number of aryl methyl sites for hydroxylation is 2. The van der Waals surface area contributed by atoms with E-state index in [0.29, 0.717) is 45.9 Å². The Labute approximate surface area is 199 Å². The first-order valence-corrected chi connectivity index (χ1v) is 12.7. The van der Waals surface area contributed by atoms with Crippen molar-refractivity contribution in [3.63, 3.8) is 0 Å². The smallest absolute Gasteiger partial charge is 0.326 e. The van der Waals surface area contributed by atoms with E-state index in [-0.39, 0.29) is 5.43 Å². The lowest BCUT2D eigenvalue weighted by Crippen LogP contribution is -2.46. The highest BCUT2D eigenvalue weighted by Crippen LogP contribution is 2.29. The fourth-order valence-electron chi connectivity index (χ4n) is 3.24. The summed E-state index contributed by atoms with van der Waals surface area (Å²) in [7, 11) is 0. The lowest BCUT2D eigenvalue weighted by Gasteiger charge is -2.20. The minimum absolute atomic E-state index is 0.185. The molecule has 2 N–H and O–H groups in total. The van der Waals surface area contributed by atoms with Crippen LogP contribution in [0.3, 0.4) is 0 Å². The molecule has 10 heteroatoms. The molecule has 0 bridgehead atoms. The van der Waals surface area contributed by atoms with Crippen LogP contribution in [0.25, 0.3) is 21.5 Å². The third-order valence-corrected chi connectivity index (χ3v) is 6.72. The van der Waals surface area contributed by atoms with Gasteiger partial charge in [0.05, 0.1) is 10.9 Å². The second kappa shape index (κ2) is 10.8. The van der Waals surface area contributed by atoms with Crippen molar-refractivity contribution in [3.05, 3.63) is 45.3 Å². The lowest BCUT2D eigenvalue weighted by atomic mass is 10.1. The van der Waals surface area contributed by atoms with Crippen LogP contribution in [-0.2, 0) is 16.0 Å². The molecule has 0 radical (unpaired) electrons. The second-order valence-electron chi connectivity index (χ2n) is 7.52. The SMILES string of the molecule is CCc1cc2c(=O)c(-c3nc(C)cs3)coc2cc1OC(C)C(=O)NC(CCSC)C(=O)O. The number of carbonyl (C=O) groups is 2. The summed E-state index contributed by atoms with van der Waals surface area (Å²) in [5, 5.41) is 14.7. The van der Waals surface area contributed by atoms with E-state index >= 15 is 0 Å². The first-order valence-electron chi connectivity index (χ1n) is 10.4. The topological polar surface area (TPSA) is 119 Å². The van der Waals surface area contributed by atoms with E-state index in [1.165, 1.54) is 29.4 Å². The standard InChI is InChI=1S/C23H26N2O6S2/c1-5-14-8-15-19(30-10-16(20(15)26)22-24-12(2)11-33-22)9-18(14)31-13(3)21(27)25-17(23(28)29)6-7-32-4/h8-11,13,17H,5-7H2,1-4H3,(H,25,27)(H,28,29). The summed E-state index contributed by atoms with van der Waals surface area (Å²) >= 11 is 2.89. The van der Waals surface area contributed by atoms with Crippen molar-refractivity contribution in [2.24, 2.45) is 0 Å². The summed E-state index contributed by atoms with van der Waals surface area (Å²) in [5.41, 5.74) is 2.11. The van der Waals surface area contributed by atoms with E-state index in [9.17, 15) is 19.5 Å². The fourth-order valence-corrected chi connectivity index (χ4v) is 4.51. The average Bonchev–Trinajstić information content (AvgIpc) is 3.22. The number of amides is 1. The number of ether oxygens (including phenoxy) is 1. The van der Waals surface area contributed by atoms with Crippen molar-refractivity contribution in [3.8, 4) is 16.3 Å². The molecule has 0 saturated carbocycles. The molecule has 176 valence electrons. The molecule has 1 amide bonds. The van der Waals surface area contributed by atoms with Crippen molar-refractivity contribution < 1.29 is 23.8 Å². The molecule has 8 nitrogen and oxygen atoms in total. The quantitative estimate of drug-likeness (QED) is 0.440. The molecule has 0 saturated heterocycles. The van der Waals surface area contributed by atoms with E-state index in [1.807, 2.05) is 25.5 Å². The molecule has 0 fully saturated rings. The Morgan fingerprint density at radius 2 is 2.12 bits per heavy atom. The zero-order chi connectivity index (χ0) is 24.1. The molecule has 3 aromatic rings. The van der Waals surface area contributed by atoms with E-state index in [2.05, 4.69) is 10.3 Å². The predicted octanol–water partition coefficient (Wildman–Crippen LogP) is 3.88. The van der Waals surface area contributed by atoms with Crippen LogP contribution >= 0.6 is 23.1 Å². The summed E-state index contributed by atoms with van der Waals surface area (Å²) in [6.07, 6.45) is 3.20. The summed E-state index contributed by atoms with van der Waals surface area (Å²) in [5.74, 6) is -0.595. The summed E-state index contributed by atoms with van der Waals surface area (Å²) in [6, 6.07) is 2.33. The number of rotatable bonds is 10. The molecular formula is C23H26N2O6S2. The number of fused-ring (bicyclic) bond motifs is 1. The lowest BCUT2D eigenvalue weighted by molar-refractivity contribution is -0.142. The van der Waals surface area contributed by atoms with Gasteiger partial charge in [-0.3, -0.25) is 9.59 Å². The number of carbonyl (C=O) groups excluding carboxylic acids is 1. The number of carboxylic acid groups (broad SMARTS) is 1. The van der Waals surface area contributed by atoms with Gasteiger partial charge in [-0.05, 0) is 50.3 Å². The number of nitrogens with zero attached hydrogens (tertiary/aromatic N) is 1. The molecule has 3 rings (SSSR count). The van der Waals surface area contributed by atoms with Gasteiger partial charge >= 0.3 is 5.97 Å². The number of nitrogens with one attached hydrogen (secondary N) is 1. The van der Waals surface area contributed by atoms with Gasteiger partial charge in [-0.1, -0.05) is 6.92 Å². The zero-order valence-corrected chi connectivity index (χ0v) is 20.5. The first-order chi connectivity index (χ1) is 15.7. The van der Waals surface area contributed by atoms with Gasteiger partial charge in [-0.2, -0.15) is 11.8 Å². The van der Waals surface area contributed by atoms with Gasteiger partial charge in [0.15, 0.2) is 6.10 Å². The Hall–Kier alpha value is -2.85. The van der Waals surface area contributed by atoms with Crippen LogP contribution in [0.1, 0.15) is 31.5 Å². The molecule has 2 unspecified atom stereocenters. The number of aliphatic carboxylic acids is 1. The minimum atomic E-state index is -1.09. The summed E-state index contributed by atoms with van der Waals surface area (Å²) in [4.78, 5) is 41.4. The van der Waals surface area contributed by atoms with Crippen LogP contribution in [0.5, 0.6) is 5.75 Å². The van der Waals surface area contributed by atoms with Crippen LogP contribution < -0.4 is 15.5 Å². The Bertz CT molecular complexity index is 1220. The van der Waals surface area contributed by atoms with Crippen molar-refractivity contribution >= 4 is 45.9 Å². The number of carboxylic acids is 1. The van der Waals surface area contributed by atoms with Crippen LogP contribution in [0.2, 0.25) is 0 Å². The third-order valence-electron chi connectivity index (χ3n) is 5.08. The molecule has 0 aliphatic rings. The number of thioether (sulfide) groups is 1. The molecule has 0 aliphatic heterocycles. The largest absolute Gasteiger partial charge is 0.480 e. The normalized spacial score (nSPS) is 13.0. The maximum absolute atomic E-state index is 13.1. The molecule has 0 spiro atoms. The minimum Gasteiger partial charge on any atom is -0.480 e. The van der Waals surface area contributed by atoms with Crippen LogP contribution in [0, 0.1) is 6.92 Å². The van der Waals surface area contributed by atoms with Crippen molar-refractivity contribution in [2.75, 3.05) is 12.0 Å². The maximum atomic E-state index is 13.1. The Kier molecular flexibility index (Phi) is 8.15. The van der Waals surface area contributed by atoms with Crippen molar-refractivity contribution in [1.82, 2.24) is 10.3 Å². The predicted molar refractivity (Wildman–Crippen MR) is 130 cm³/mol. The number of benzene rings is 1. The number of aromatic nitrogens is 1. The fraction of sp³-hybridized carbons (Fsp3) is 0.391. The van der Waals surface area contributed by atoms with Gasteiger partial charge < -0.3 is 19.6 Å². The highest BCUT2D eigenvalue weighted by Gasteiger charge is 2.24. The second-order valence-corrected chi connectivity index (χ2v) is 9.37. The molecule has 2 atom stereocenters. The molecule has 2 heterocycles. The summed E-state index contributed by atoms with van der Waals surface area (Å²) < 4.78 is 11.6. The Morgan fingerprint density at radius 3 is 2.73 bits per heavy atom. The Morgan fingerprint density at radius 1 is 1.36 bits per heavy atom. The summed E-state index contributed by atoms with van der Waals surface area (Å²) in [6.45, 7) is 5.33. The highest BCUT2D eigenvalue weighted by atomic mass is 32.2. The van der Waals surface area contributed by atoms with Crippen LogP contribution in [0.15, 0.2) is 33.0 Å². The molecule has 33 heavy (non-hydrogen) atoms. The molecule has 2 aromatic heterocycles. The first kappa shape index (κ1) is 24.8. The van der Waals surface area contributed by atoms with E-state index in [4.69, 9.17) is 9.15 Å². The van der Waals surface area contributed by atoms with Gasteiger partial charge in [0.25, 0.3) is 5.91 Å². The van der Waals surface area contributed by atoms with E-state index in [1.54, 1.807) is 19.1 Å². The van der Waals surface area contributed by atoms with Gasteiger partial charge in [0.1, 0.15) is 28.6 Å². The number of thiazole rings is 1. The Balaban J connectivity index is 1.86. The van der Waals surface area contributed by atoms with Crippen molar-refractivity contribution in [1.29, 1.82) is 0 Å². The van der Waals surface area contributed by atoms with Gasteiger partial charge in [-0.25, -0.2) is 9.78 Å². The monoisotopic (exact) mass is 490 g/mol. The maximum Gasteiger partial charge on any atom is 0.326 e. The molecule has 0 aliphatic carbocycles. The molecule has 1 aromatic carbocycles. The van der Waals surface area contributed by atoms with Gasteiger partial charge in [0.2, 0.25) is 5.43 Å². The number of hydrogen-bond acceptors (Lipinski definition) is 8. The third kappa shape index (κ3) is 5.75. The van der Waals surface area contributed by atoms with Gasteiger partial charge in [0, 0.05) is 17.1 Å².